The molecular weight excluding hydrogens is 308 g/mol. The van der Waals surface area contributed by atoms with Crippen LogP contribution in [-0.2, 0) is 14.3 Å². The Balaban J connectivity index is 1.41. The minimum absolute atomic E-state index is 0.180. The van der Waals surface area contributed by atoms with Crippen molar-refractivity contribution in [2.75, 3.05) is 32.8 Å². The second kappa shape index (κ2) is 7.00. The predicted molar refractivity (Wildman–Crippen MR) is 89.4 cm³/mol. The molecule has 0 aromatic heterocycles. The normalized spacial score (nSPS) is 30.2. The smallest absolute Gasteiger partial charge is 0.222 e. The van der Waals surface area contributed by atoms with Crippen molar-refractivity contribution in [3.8, 4) is 0 Å². The standard InChI is InChI=1S/C18H30N2O4/c1-17(23)8-13-24-18(14-17)6-11-20(12-7-18)16(22)5-3-10-19-9-2-4-15(19)21/h23H,2-14H2,1H3. The average Bonchev–Trinajstić information content (AvgIpc) is 2.92. The topological polar surface area (TPSA) is 70.1 Å². The second-order valence-corrected chi connectivity index (χ2v) is 7.92. The highest BCUT2D eigenvalue weighted by Crippen LogP contribution is 2.39. The molecule has 1 unspecified atom stereocenters. The molecule has 0 aromatic carbocycles. The van der Waals surface area contributed by atoms with Gasteiger partial charge in [-0.25, -0.2) is 0 Å². The molecule has 3 heterocycles. The summed E-state index contributed by atoms with van der Waals surface area (Å²) in [5, 5.41) is 10.3. The maximum Gasteiger partial charge on any atom is 0.222 e. The Kier molecular flexibility index (Phi) is 5.16. The van der Waals surface area contributed by atoms with Gasteiger partial charge in [0.05, 0.1) is 17.8 Å². The number of amides is 2. The van der Waals surface area contributed by atoms with Gasteiger partial charge in [-0.15, -0.1) is 0 Å². The van der Waals surface area contributed by atoms with Crippen molar-refractivity contribution in [1.29, 1.82) is 0 Å². The first-order valence-corrected chi connectivity index (χ1v) is 9.31. The van der Waals surface area contributed by atoms with E-state index >= 15 is 0 Å². The molecule has 1 spiro atoms. The van der Waals surface area contributed by atoms with Crippen molar-refractivity contribution < 1.29 is 19.4 Å². The lowest BCUT2D eigenvalue weighted by Crippen LogP contribution is -2.54. The van der Waals surface area contributed by atoms with Crippen molar-refractivity contribution in [3.05, 3.63) is 0 Å². The Morgan fingerprint density at radius 1 is 1.25 bits per heavy atom. The largest absolute Gasteiger partial charge is 0.390 e. The van der Waals surface area contributed by atoms with E-state index in [1.807, 2.05) is 16.7 Å². The Morgan fingerprint density at radius 3 is 2.62 bits per heavy atom. The van der Waals surface area contributed by atoms with Crippen LogP contribution in [0.4, 0.5) is 0 Å². The van der Waals surface area contributed by atoms with Gasteiger partial charge in [0.1, 0.15) is 0 Å². The van der Waals surface area contributed by atoms with Crippen LogP contribution in [0.1, 0.15) is 58.3 Å². The van der Waals surface area contributed by atoms with Gasteiger partial charge < -0.3 is 19.6 Å². The molecule has 1 atom stereocenters. The molecule has 3 rings (SSSR count). The molecule has 0 aromatic rings. The zero-order chi connectivity index (χ0) is 17.2. The van der Waals surface area contributed by atoms with Crippen molar-refractivity contribution >= 4 is 11.8 Å². The van der Waals surface area contributed by atoms with Crippen LogP contribution in [0, 0.1) is 0 Å². The van der Waals surface area contributed by atoms with E-state index in [0.29, 0.717) is 51.9 Å². The molecule has 3 aliphatic rings. The molecule has 6 nitrogen and oxygen atoms in total. The molecule has 0 radical (unpaired) electrons. The van der Waals surface area contributed by atoms with E-state index in [1.54, 1.807) is 0 Å². The summed E-state index contributed by atoms with van der Waals surface area (Å²) in [7, 11) is 0. The van der Waals surface area contributed by atoms with Gasteiger partial charge in [0, 0.05) is 45.4 Å². The lowest BCUT2D eigenvalue weighted by Gasteiger charge is -2.48. The lowest BCUT2D eigenvalue weighted by molar-refractivity contribution is -0.175. The van der Waals surface area contributed by atoms with E-state index in [-0.39, 0.29) is 17.4 Å². The van der Waals surface area contributed by atoms with Gasteiger partial charge in [-0.1, -0.05) is 0 Å². The summed E-state index contributed by atoms with van der Waals surface area (Å²) in [6.07, 6.45) is 5.83. The molecule has 2 amide bonds. The number of rotatable bonds is 4. The van der Waals surface area contributed by atoms with E-state index in [2.05, 4.69) is 0 Å². The number of carbonyl (C=O) groups is 2. The van der Waals surface area contributed by atoms with E-state index in [1.165, 1.54) is 0 Å². The first-order chi connectivity index (χ1) is 11.4. The van der Waals surface area contributed by atoms with E-state index in [9.17, 15) is 14.7 Å². The third-order valence-electron chi connectivity index (χ3n) is 5.77. The monoisotopic (exact) mass is 338 g/mol. The number of hydrogen-bond acceptors (Lipinski definition) is 4. The molecule has 0 saturated carbocycles. The fourth-order valence-electron chi connectivity index (χ4n) is 4.33. The van der Waals surface area contributed by atoms with Crippen molar-refractivity contribution in [3.63, 3.8) is 0 Å². The fraction of sp³-hybridized carbons (Fsp3) is 0.889. The summed E-state index contributed by atoms with van der Waals surface area (Å²) < 4.78 is 5.99. The number of ether oxygens (including phenoxy) is 1. The zero-order valence-corrected chi connectivity index (χ0v) is 14.8. The maximum absolute atomic E-state index is 12.4. The number of carbonyl (C=O) groups excluding carboxylic acids is 2. The molecule has 0 bridgehead atoms. The van der Waals surface area contributed by atoms with Crippen LogP contribution in [0.3, 0.4) is 0 Å². The molecule has 1 N–H and O–H groups in total. The highest BCUT2D eigenvalue weighted by Gasteiger charge is 2.44. The number of likely N-dealkylation sites (tertiary alicyclic amines) is 2. The van der Waals surface area contributed by atoms with Crippen molar-refractivity contribution in [2.24, 2.45) is 0 Å². The van der Waals surface area contributed by atoms with Crippen molar-refractivity contribution in [2.45, 2.75) is 69.5 Å². The summed E-state index contributed by atoms with van der Waals surface area (Å²) in [6, 6.07) is 0. The van der Waals surface area contributed by atoms with Gasteiger partial charge in [0.15, 0.2) is 0 Å². The van der Waals surface area contributed by atoms with Crippen molar-refractivity contribution in [1.82, 2.24) is 9.80 Å². The summed E-state index contributed by atoms with van der Waals surface area (Å²) >= 11 is 0. The highest BCUT2D eigenvalue weighted by molar-refractivity contribution is 5.78. The number of hydrogen-bond donors (Lipinski definition) is 1. The summed E-state index contributed by atoms with van der Waals surface area (Å²) in [5.41, 5.74) is -0.896. The van der Waals surface area contributed by atoms with Gasteiger partial charge in [-0.2, -0.15) is 0 Å². The minimum Gasteiger partial charge on any atom is -0.390 e. The van der Waals surface area contributed by atoms with Gasteiger partial charge in [0.2, 0.25) is 11.8 Å². The summed E-state index contributed by atoms with van der Waals surface area (Å²) in [6.45, 7) is 5.44. The Labute approximate surface area is 144 Å². The molecule has 3 aliphatic heterocycles. The Hall–Kier alpha value is -1.14. The van der Waals surface area contributed by atoms with Gasteiger partial charge in [-0.3, -0.25) is 9.59 Å². The Morgan fingerprint density at radius 2 is 2.00 bits per heavy atom. The number of nitrogens with zero attached hydrogens (tertiary/aromatic N) is 2. The molecule has 3 fully saturated rings. The van der Waals surface area contributed by atoms with Gasteiger partial charge in [-0.05, 0) is 39.0 Å². The molecule has 3 saturated heterocycles. The van der Waals surface area contributed by atoms with Crippen LogP contribution in [0.2, 0.25) is 0 Å². The summed E-state index contributed by atoms with van der Waals surface area (Å²) in [4.78, 5) is 27.7. The van der Waals surface area contributed by atoms with Gasteiger partial charge >= 0.3 is 0 Å². The average molecular weight is 338 g/mol. The van der Waals surface area contributed by atoms with Crippen LogP contribution < -0.4 is 0 Å². The van der Waals surface area contributed by atoms with Crippen LogP contribution in [0.25, 0.3) is 0 Å². The molecule has 0 aliphatic carbocycles. The van der Waals surface area contributed by atoms with E-state index < -0.39 is 5.60 Å². The van der Waals surface area contributed by atoms with Crippen LogP contribution >= 0.6 is 0 Å². The van der Waals surface area contributed by atoms with Crippen LogP contribution in [0.15, 0.2) is 0 Å². The highest BCUT2D eigenvalue weighted by atomic mass is 16.5. The quantitative estimate of drug-likeness (QED) is 0.839. The Bertz CT molecular complexity index is 483. The maximum atomic E-state index is 12.4. The SMILES string of the molecule is CC1(O)CCOC2(CCN(C(=O)CCCN3CCCC3=O)CC2)C1. The third-order valence-corrected chi connectivity index (χ3v) is 5.77. The predicted octanol–water partition coefficient (Wildman–Crippen LogP) is 1.31. The van der Waals surface area contributed by atoms with Gasteiger partial charge in [0.25, 0.3) is 0 Å². The first kappa shape index (κ1) is 17.7. The molecule has 136 valence electrons. The molecule has 24 heavy (non-hydrogen) atoms. The van der Waals surface area contributed by atoms with E-state index in [4.69, 9.17) is 4.74 Å². The van der Waals surface area contributed by atoms with E-state index in [0.717, 1.165) is 32.2 Å². The number of aliphatic hydroxyl groups is 1. The second-order valence-electron chi connectivity index (χ2n) is 7.92. The third kappa shape index (κ3) is 4.09. The minimum atomic E-state index is -0.646. The molecule has 6 heteroatoms. The summed E-state index contributed by atoms with van der Waals surface area (Å²) in [5.74, 6) is 0.405. The number of piperidine rings is 1. The van der Waals surface area contributed by atoms with Crippen LogP contribution in [0.5, 0.6) is 0 Å². The fourth-order valence-corrected chi connectivity index (χ4v) is 4.33. The first-order valence-electron chi connectivity index (χ1n) is 9.31. The zero-order valence-electron chi connectivity index (χ0n) is 14.8. The van der Waals surface area contributed by atoms with Crippen LogP contribution in [-0.4, -0.2) is 70.7 Å². The molecular formula is C18H30N2O4. The lowest BCUT2D eigenvalue weighted by atomic mass is 9.78.